The highest BCUT2D eigenvalue weighted by atomic mass is 32.2. The predicted octanol–water partition coefficient (Wildman–Crippen LogP) is 2.17. The molecule has 0 saturated carbocycles. The average Bonchev–Trinajstić information content (AvgIpc) is 2.74. The number of carbonyl (C=O) groups is 2. The van der Waals surface area contributed by atoms with Crippen LogP contribution in [-0.2, 0) is 16.8 Å². The molecule has 3 rings (SSSR count). The number of ketones is 1. The summed E-state index contributed by atoms with van der Waals surface area (Å²) in [5, 5.41) is 0. The van der Waals surface area contributed by atoms with Gasteiger partial charge < -0.3 is 10.5 Å². The van der Waals surface area contributed by atoms with E-state index in [1.54, 1.807) is 24.8 Å². The molecule has 164 valence electrons. The van der Waals surface area contributed by atoms with Crippen molar-refractivity contribution >= 4 is 29.4 Å². The fraction of sp³-hybridized carbons (Fsp3) is 0.381. The van der Waals surface area contributed by atoms with E-state index in [9.17, 15) is 14.0 Å². The molecule has 1 aliphatic heterocycles. The smallest absolute Gasteiger partial charge is 0.232 e. The Hall–Kier alpha value is -3.01. The highest BCUT2D eigenvalue weighted by molar-refractivity contribution is 7.98. The van der Waals surface area contributed by atoms with Crippen molar-refractivity contribution in [2.75, 3.05) is 25.7 Å². The molecule has 2 aromatic rings. The number of carbonyl (C=O) groups excluding carboxylic acids is 2. The Bertz CT molecular complexity index is 1010. The first-order chi connectivity index (χ1) is 14.7. The van der Waals surface area contributed by atoms with Crippen LogP contribution in [0.1, 0.15) is 35.0 Å². The van der Waals surface area contributed by atoms with Gasteiger partial charge in [0.25, 0.3) is 0 Å². The van der Waals surface area contributed by atoms with Crippen LogP contribution in [0.5, 0.6) is 5.88 Å². The zero-order valence-corrected chi connectivity index (χ0v) is 18.4. The van der Waals surface area contributed by atoms with Gasteiger partial charge in [-0.3, -0.25) is 14.5 Å². The van der Waals surface area contributed by atoms with Gasteiger partial charge in [-0.2, -0.15) is 11.8 Å². The van der Waals surface area contributed by atoms with E-state index in [0.717, 1.165) is 5.75 Å². The first-order valence-electron chi connectivity index (χ1n) is 9.61. The number of hydrogen-bond donors (Lipinski definition) is 1. The minimum atomic E-state index is -1.15. The lowest BCUT2D eigenvalue weighted by atomic mass is 9.85. The molecule has 0 spiro atoms. The number of amides is 1. The summed E-state index contributed by atoms with van der Waals surface area (Å²) < 4.78 is 20.1. The highest BCUT2D eigenvalue weighted by Crippen LogP contribution is 2.35. The summed E-state index contributed by atoms with van der Waals surface area (Å²) in [7, 11) is 1.52. The molecule has 1 atom stereocenters. The molecule has 8 nitrogen and oxygen atoms in total. The monoisotopic (exact) mass is 445 g/mol. The maximum Gasteiger partial charge on any atom is 0.232 e. The van der Waals surface area contributed by atoms with E-state index >= 15 is 0 Å². The molecule has 10 heteroatoms. The highest BCUT2D eigenvalue weighted by Gasteiger charge is 2.38. The van der Waals surface area contributed by atoms with Gasteiger partial charge in [-0.05, 0) is 30.9 Å². The SMILES string of the molecule is CSCCOc1cnc(C(=O)Cc2ccc(F)c(C3(C)CC(=O)N(C)C(N)=N3)c2)cn1. The molecule has 2 N–H and O–H groups in total. The van der Waals surface area contributed by atoms with E-state index in [2.05, 4.69) is 15.0 Å². The topological polar surface area (TPSA) is 111 Å². The minimum absolute atomic E-state index is 0.00222. The number of ether oxygens (including phenoxy) is 1. The Morgan fingerprint density at radius 3 is 2.77 bits per heavy atom. The van der Waals surface area contributed by atoms with Crippen LogP contribution in [0.2, 0.25) is 0 Å². The van der Waals surface area contributed by atoms with E-state index in [1.807, 2.05) is 6.26 Å². The maximum absolute atomic E-state index is 14.6. The number of thioether (sulfide) groups is 1. The van der Waals surface area contributed by atoms with Crippen LogP contribution in [0, 0.1) is 5.82 Å². The number of hydrogen-bond acceptors (Lipinski definition) is 8. The fourth-order valence-electron chi connectivity index (χ4n) is 3.20. The molecular formula is C21H24FN5O3S. The van der Waals surface area contributed by atoms with Crippen molar-refractivity contribution < 1.29 is 18.7 Å². The van der Waals surface area contributed by atoms with E-state index < -0.39 is 11.4 Å². The molecule has 1 aromatic heterocycles. The molecule has 1 aromatic carbocycles. The minimum Gasteiger partial charge on any atom is -0.476 e. The summed E-state index contributed by atoms with van der Waals surface area (Å²) in [6.07, 6.45) is 4.72. The molecule has 31 heavy (non-hydrogen) atoms. The van der Waals surface area contributed by atoms with E-state index in [4.69, 9.17) is 10.5 Å². The maximum atomic E-state index is 14.6. The van der Waals surface area contributed by atoms with Crippen molar-refractivity contribution in [1.82, 2.24) is 14.9 Å². The van der Waals surface area contributed by atoms with Crippen molar-refractivity contribution in [3.63, 3.8) is 0 Å². The lowest BCUT2D eigenvalue weighted by Gasteiger charge is -2.34. The number of guanidine groups is 1. The summed E-state index contributed by atoms with van der Waals surface area (Å²) in [5.74, 6) is 0.157. The lowest BCUT2D eigenvalue weighted by molar-refractivity contribution is -0.128. The van der Waals surface area contributed by atoms with Crippen molar-refractivity contribution in [2.24, 2.45) is 10.7 Å². The van der Waals surface area contributed by atoms with Gasteiger partial charge in [0.1, 0.15) is 11.5 Å². The molecule has 0 bridgehead atoms. The molecule has 0 saturated heterocycles. The van der Waals surface area contributed by atoms with Crippen LogP contribution >= 0.6 is 11.8 Å². The Kier molecular flexibility index (Phi) is 6.89. The van der Waals surface area contributed by atoms with Gasteiger partial charge in [0.2, 0.25) is 11.8 Å². The number of halogens is 1. The lowest BCUT2D eigenvalue weighted by Crippen LogP contribution is -2.47. The van der Waals surface area contributed by atoms with Gasteiger partial charge in [-0.1, -0.05) is 6.07 Å². The second kappa shape index (κ2) is 9.42. The number of aliphatic imine (C=N–C) groups is 1. The van der Waals surface area contributed by atoms with Crippen molar-refractivity contribution in [3.05, 3.63) is 53.2 Å². The summed E-state index contributed by atoms with van der Waals surface area (Å²) >= 11 is 1.65. The fourth-order valence-corrected chi connectivity index (χ4v) is 3.45. The first kappa shape index (κ1) is 22.7. The van der Waals surface area contributed by atoms with Crippen LogP contribution in [0.4, 0.5) is 4.39 Å². The normalized spacial score (nSPS) is 18.6. The third-order valence-corrected chi connectivity index (χ3v) is 5.58. The second-order valence-corrected chi connectivity index (χ2v) is 8.35. The Morgan fingerprint density at radius 2 is 2.13 bits per heavy atom. The molecule has 0 aliphatic carbocycles. The quantitative estimate of drug-likeness (QED) is 0.490. The average molecular weight is 446 g/mol. The van der Waals surface area contributed by atoms with E-state index in [0.29, 0.717) is 18.1 Å². The Labute approximate surface area is 184 Å². The van der Waals surface area contributed by atoms with Gasteiger partial charge in [0.15, 0.2) is 11.7 Å². The van der Waals surface area contributed by atoms with Crippen molar-refractivity contribution in [1.29, 1.82) is 0 Å². The molecule has 2 heterocycles. The molecule has 1 aliphatic rings. The number of nitrogens with zero attached hydrogens (tertiary/aromatic N) is 4. The van der Waals surface area contributed by atoms with Crippen LogP contribution in [0.3, 0.4) is 0 Å². The molecule has 1 amide bonds. The van der Waals surface area contributed by atoms with Crippen LogP contribution in [0.15, 0.2) is 35.6 Å². The van der Waals surface area contributed by atoms with Crippen LogP contribution in [0.25, 0.3) is 0 Å². The standard InChI is InChI=1S/C21H24FN5O3S/c1-21(10-19(29)27(2)20(23)26-21)14-8-13(4-5-15(14)22)9-17(28)16-11-25-18(12-24-16)30-6-7-31-3/h4-5,8,11-12H,6-7,9-10H2,1-3H3,(H2,23,26). The number of Topliss-reactive ketones (excluding diaryl/α,β-unsaturated/α-hetero) is 1. The Morgan fingerprint density at radius 1 is 1.35 bits per heavy atom. The van der Waals surface area contributed by atoms with Gasteiger partial charge in [-0.25, -0.2) is 19.4 Å². The van der Waals surface area contributed by atoms with Gasteiger partial charge in [-0.15, -0.1) is 0 Å². The summed E-state index contributed by atoms with van der Waals surface area (Å²) in [6.45, 7) is 2.15. The summed E-state index contributed by atoms with van der Waals surface area (Å²) in [6, 6.07) is 4.35. The summed E-state index contributed by atoms with van der Waals surface area (Å²) in [4.78, 5) is 38.7. The van der Waals surface area contributed by atoms with Gasteiger partial charge in [0, 0.05) is 24.8 Å². The van der Waals surface area contributed by atoms with E-state index in [-0.39, 0.29) is 41.7 Å². The zero-order valence-electron chi connectivity index (χ0n) is 17.6. The molecule has 0 fully saturated rings. The largest absolute Gasteiger partial charge is 0.476 e. The van der Waals surface area contributed by atoms with Crippen LogP contribution in [-0.4, -0.2) is 58.2 Å². The van der Waals surface area contributed by atoms with Crippen LogP contribution < -0.4 is 10.5 Å². The number of benzene rings is 1. The van der Waals surface area contributed by atoms with E-state index in [1.165, 1.54) is 36.5 Å². The third kappa shape index (κ3) is 5.19. The second-order valence-electron chi connectivity index (χ2n) is 7.37. The third-order valence-electron chi connectivity index (χ3n) is 5.00. The Balaban J connectivity index is 1.78. The van der Waals surface area contributed by atoms with Crippen molar-refractivity contribution in [2.45, 2.75) is 25.3 Å². The molecular weight excluding hydrogens is 421 g/mol. The van der Waals surface area contributed by atoms with Gasteiger partial charge in [0.05, 0.1) is 31.0 Å². The zero-order chi connectivity index (χ0) is 22.6. The number of aromatic nitrogens is 2. The first-order valence-corrected chi connectivity index (χ1v) is 11.0. The van der Waals surface area contributed by atoms with Crippen molar-refractivity contribution in [3.8, 4) is 5.88 Å². The predicted molar refractivity (Wildman–Crippen MR) is 117 cm³/mol. The molecule has 1 unspecified atom stereocenters. The van der Waals surface area contributed by atoms with Gasteiger partial charge >= 0.3 is 0 Å². The molecule has 0 radical (unpaired) electrons. The number of nitrogens with two attached hydrogens (primary N) is 1. The summed E-state index contributed by atoms with van der Waals surface area (Å²) in [5.41, 5.74) is 5.66. The number of rotatable bonds is 8.